The maximum absolute atomic E-state index is 13.9. The maximum Gasteiger partial charge on any atom is 0.264 e. The standard InChI is InChI=1S/C24H33F2N7O/c1-2-3-10-32(11-12-34)23-21-20(28-24(27)29-23)16-33(30-21)15-18-7-6-17(13-19(18)22(25)26)14-31-8-4-5-9-31/h6-7,13,16,22,34H,2-5,8-12,14-15H2,1H3,(H2,27,28). The van der Waals surface area contributed by atoms with E-state index >= 15 is 0 Å². The van der Waals surface area contributed by atoms with E-state index in [-0.39, 0.29) is 24.7 Å². The molecule has 0 aliphatic carbocycles. The van der Waals surface area contributed by atoms with Crippen molar-refractivity contribution in [1.82, 2.24) is 24.6 Å². The number of nitrogens with two attached hydrogens (primary N) is 1. The zero-order chi connectivity index (χ0) is 24.1. The molecule has 1 aliphatic heterocycles. The van der Waals surface area contributed by atoms with Crippen LogP contribution in [0, 0.1) is 0 Å². The lowest BCUT2D eigenvalue weighted by Gasteiger charge is -2.22. The van der Waals surface area contributed by atoms with E-state index in [9.17, 15) is 13.9 Å². The second-order valence-corrected chi connectivity index (χ2v) is 8.85. The van der Waals surface area contributed by atoms with Gasteiger partial charge in [0.05, 0.1) is 19.3 Å². The van der Waals surface area contributed by atoms with Crippen LogP contribution in [0.15, 0.2) is 24.4 Å². The number of nitrogens with zero attached hydrogens (tertiary/aromatic N) is 6. The van der Waals surface area contributed by atoms with Crippen molar-refractivity contribution in [2.45, 2.75) is 52.1 Å². The van der Waals surface area contributed by atoms with E-state index in [1.807, 2.05) is 11.0 Å². The molecule has 0 spiro atoms. The van der Waals surface area contributed by atoms with Crippen molar-refractivity contribution in [3.8, 4) is 0 Å². The summed E-state index contributed by atoms with van der Waals surface area (Å²) >= 11 is 0. The molecule has 4 rings (SSSR count). The summed E-state index contributed by atoms with van der Waals surface area (Å²) in [5.41, 5.74) is 8.50. The third kappa shape index (κ3) is 5.61. The fourth-order valence-electron chi connectivity index (χ4n) is 4.52. The average molecular weight is 474 g/mol. The second-order valence-electron chi connectivity index (χ2n) is 8.85. The first-order valence-electron chi connectivity index (χ1n) is 12.0. The number of alkyl halides is 2. The molecular formula is C24H33F2N7O. The summed E-state index contributed by atoms with van der Waals surface area (Å²) in [6.07, 6.45) is 3.38. The smallest absolute Gasteiger partial charge is 0.264 e. The lowest BCUT2D eigenvalue weighted by molar-refractivity contribution is 0.150. The Morgan fingerprint density at radius 2 is 1.94 bits per heavy atom. The van der Waals surface area contributed by atoms with Crippen LogP contribution in [0.2, 0.25) is 0 Å². The van der Waals surface area contributed by atoms with Crippen LogP contribution in [0.4, 0.5) is 20.5 Å². The van der Waals surface area contributed by atoms with Crippen molar-refractivity contribution in [1.29, 1.82) is 0 Å². The second kappa shape index (κ2) is 11.1. The predicted octanol–water partition coefficient (Wildman–Crippen LogP) is 3.59. The van der Waals surface area contributed by atoms with E-state index in [1.165, 1.54) is 0 Å². The van der Waals surface area contributed by atoms with Crippen LogP contribution < -0.4 is 10.6 Å². The molecule has 0 radical (unpaired) electrons. The van der Waals surface area contributed by atoms with Crippen molar-refractivity contribution >= 4 is 22.8 Å². The van der Waals surface area contributed by atoms with E-state index in [0.717, 1.165) is 44.3 Å². The highest BCUT2D eigenvalue weighted by Crippen LogP contribution is 2.28. The molecule has 0 bridgehead atoms. The molecule has 1 fully saturated rings. The Morgan fingerprint density at radius 1 is 1.15 bits per heavy atom. The fourth-order valence-corrected chi connectivity index (χ4v) is 4.52. The first-order valence-corrected chi connectivity index (χ1v) is 12.0. The molecule has 3 aromatic rings. The average Bonchev–Trinajstić information content (AvgIpc) is 3.46. The van der Waals surface area contributed by atoms with Crippen LogP contribution in [-0.4, -0.2) is 62.5 Å². The lowest BCUT2D eigenvalue weighted by atomic mass is 10.0. The van der Waals surface area contributed by atoms with Crippen molar-refractivity contribution in [3.05, 3.63) is 41.1 Å². The molecular weight excluding hydrogens is 440 g/mol. The number of aromatic nitrogens is 4. The predicted molar refractivity (Wildman–Crippen MR) is 129 cm³/mol. The van der Waals surface area contributed by atoms with E-state index in [1.54, 1.807) is 23.0 Å². The molecule has 1 aromatic carbocycles. The number of hydrogen-bond donors (Lipinski definition) is 2. The van der Waals surface area contributed by atoms with Gasteiger partial charge in [0.15, 0.2) is 11.3 Å². The largest absolute Gasteiger partial charge is 0.395 e. The quantitative estimate of drug-likeness (QED) is 0.439. The number of anilines is 2. The van der Waals surface area contributed by atoms with Crippen LogP contribution in [0.1, 0.15) is 55.7 Å². The molecule has 34 heavy (non-hydrogen) atoms. The van der Waals surface area contributed by atoms with Gasteiger partial charge in [0.25, 0.3) is 6.43 Å². The van der Waals surface area contributed by atoms with Gasteiger partial charge in [-0.1, -0.05) is 25.5 Å². The number of halogens is 2. The number of likely N-dealkylation sites (tertiary alicyclic amines) is 1. The maximum atomic E-state index is 13.9. The SMILES string of the molecule is CCCCN(CCO)c1nc(N)nc2cn(Cc3ccc(CN4CCCC4)cc3C(F)F)nc12. The van der Waals surface area contributed by atoms with Gasteiger partial charge in [-0.05, 0) is 49.5 Å². The third-order valence-corrected chi connectivity index (χ3v) is 6.24. The summed E-state index contributed by atoms with van der Waals surface area (Å²) in [4.78, 5) is 12.9. The number of benzene rings is 1. The highest BCUT2D eigenvalue weighted by Gasteiger charge is 2.20. The Labute approximate surface area is 198 Å². The summed E-state index contributed by atoms with van der Waals surface area (Å²) in [7, 11) is 0. The number of fused-ring (bicyclic) bond motifs is 1. The van der Waals surface area contributed by atoms with Crippen LogP contribution in [-0.2, 0) is 13.1 Å². The zero-order valence-corrected chi connectivity index (χ0v) is 19.6. The molecule has 0 saturated carbocycles. The van der Waals surface area contributed by atoms with Gasteiger partial charge < -0.3 is 15.7 Å². The van der Waals surface area contributed by atoms with Gasteiger partial charge >= 0.3 is 0 Å². The van der Waals surface area contributed by atoms with E-state index in [2.05, 4.69) is 26.9 Å². The Kier molecular flexibility index (Phi) is 7.89. The number of unbranched alkanes of at least 4 members (excludes halogenated alkanes) is 1. The molecule has 0 unspecified atom stereocenters. The Hall–Kier alpha value is -2.85. The minimum atomic E-state index is -2.57. The van der Waals surface area contributed by atoms with Crippen molar-refractivity contribution in [2.24, 2.45) is 0 Å². The molecule has 0 amide bonds. The van der Waals surface area contributed by atoms with Crippen LogP contribution >= 0.6 is 0 Å². The first-order chi connectivity index (χ1) is 16.5. The van der Waals surface area contributed by atoms with E-state index in [0.29, 0.717) is 42.0 Å². The molecule has 8 nitrogen and oxygen atoms in total. The summed E-state index contributed by atoms with van der Waals surface area (Å²) in [6, 6.07) is 5.33. The molecule has 10 heteroatoms. The zero-order valence-electron chi connectivity index (χ0n) is 19.6. The molecule has 3 heterocycles. The fraction of sp³-hybridized carbons (Fsp3) is 0.542. The lowest BCUT2D eigenvalue weighted by Crippen LogP contribution is -2.29. The number of hydrogen-bond acceptors (Lipinski definition) is 7. The molecule has 1 aliphatic rings. The van der Waals surface area contributed by atoms with Gasteiger partial charge in [0.1, 0.15) is 5.52 Å². The Bertz CT molecular complexity index is 1100. The van der Waals surface area contributed by atoms with E-state index < -0.39 is 6.43 Å². The first kappa shape index (κ1) is 24.3. The molecule has 0 atom stereocenters. The monoisotopic (exact) mass is 473 g/mol. The molecule has 184 valence electrons. The Morgan fingerprint density at radius 3 is 2.65 bits per heavy atom. The Balaban J connectivity index is 1.62. The van der Waals surface area contributed by atoms with Gasteiger partial charge in [-0.3, -0.25) is 9.58 Å². The molecule has 3 N–H and O–H groups in total. The van der Waals surface area contributed by atoms with Gasteiger partial charge in [-0.2, -0.15) is 10.1 Å². The van der Waals surface area contributed by atoms with Gasteiger partial charge in [0.2, 0.25) is 5.95 Å². The number of aliphatic hydroxyl groups excluding tert-OH is 1. The van der Waals surface area contributed by atoms with Crippen LogP contribution in [0.25, 0.3) is 11.0 Å². The van der Waals surface area contributed by atoms with Gasteiger partial charge in [-0.15, -0.1) is 0 Å². The molecule has 2 aromatic heterocycles. The van der Waals surface area contributed by atoms with Gasteiger partial charge in [-0.25, -0.2) is 13.8 Å². The van der Waals surface area contributed by atoms with E-state index in [4.69, 9.17) is 5.73 Å². The summed E-state index contributed by atoms with van der Waals surface area (Å²) in [5.74, 6) is 0.666. The minimum Gasteiger partial charge on any atom is -0.395 e. The van der Waals surface area contributed by atoms with Crippen molar-refractivity contribution in [2.75, 3.05) is 43.4 Å². The topological polar surface area (TPSA) is 96.3 Å². The van der Waals surface area contributed by atoms with Crippen LogP contribution in [0.3, 0.4) is 0 Å². The summed E-state index contributed by atoms with van der Waals surface area (Å²) < 4.78 is 29.5. The number of rotatable bonds is 11. The number of aliphatic hydroxyl groups is 1. The van der Waals surface area contributed by atoms with Crippen molar-refractivity contribution in [3.63, 3.8) is 0 Å². The minimum absolute atomic E-state index is 0.0304. The summed E-state index contributed by atoms with van der Waals surface area (Å²) in [6.45, 7) is 6.07. The normalized spacial score (nSPS) is 14.5. The van der Waals surface area contributed by atoms with Gasteiger partial charge in [0, 0.05) is 25.2 Å². The highest BCUT2D eigenvalue weighted by molar-refractivity contribution is 5.86. The third-order valence-electron chi connectivity index (χ3n) is 6.24. The highest BCUT2D eigenvalue weighted by atomic mass is 19.3. The van der Waals surface area contributed by atoms with Crippen molar-refractivity contribution < 1.29 is 13.9 Å². The molecule has 1 saturated heterocycles. The number of nitrogen functional groups attached to an aromatic ring is 1. The van der Waals surface area contributed by atoms with Crippen LogP contribution in [0.5, 0.6) is 0 Å². The summed E-state index contributed by atoms with van der Waals surface area (Å²) in [5, 5.41) is 14.1.